The SMILES string of the molecule is COC(=O)c1cc2cc(Cl)cc(CC(C(=O)OC(C)(C)C)C(=O)OC(C)(C)C)c2nc1OC. The van der Waals surface area contributed by atoms with Crippen molar-refractivity contribution in [1.29, 1.82) is 0 Å². The summed E-state index contributed by atoms with van der Waals surface area (Å²) in [7, 11) is 2.63. The molecular weight excluding hydrogens is 450 g/mol. The largest absolute Gasteiger partial charge is 0.480 e. The molecule has 0 aliphatic rings. The lowest BCUT2D eigenvalue weighted by molar-refractivity contribution is -0.174. The van der Waals surface area contributed by atoms with Gasteiger partial charge in [-0.3, -0.25) is 9.59 Å². The first-order chi connectivity index (χ1) is 15.1. The van der Waals surface area contributed by atoms with Crippen LogP contribution in [0.5, 0.6) is 5.88 Å². The highest BCUT2D eigenvalue weighted by atomic mass is 35.5. The zero-order valence-electron chi connectivity index (χ0n) is 20.2. The van der Waals surface area contributed by atoms with Gasteiger partial charge in [0, 0.05) is 10.4 Å². The molecule has 0 atom stereocenters. The molecule has 8 nitrogen and oxygen atoms in total. The summed E-state index contributed by atoms with van der Waals surface area (Å²) in [5.41, 5.74) is -0.568. The van der Waals surface area contributed by atoms with Crippen LogP contribution in [0.1, 0.15) is 57.5 Å². The van der Waals surface area contributed by atoms with Gasteiger partial charge in [0.2, 0.25) is 5.88 Å². The van der Waals surface area contributed by atoms with Crippen LogP contribution in [0.15, 0.2) is 18.2 Å². The minimum Gasteiger partial charge on any atom is -0.480 e. The molecule has 0 saturated carbocycles. The number of aromatic nitrogens is 1. The molecule has 0 fully saturated rings. The Bertz CT molecular complexity index is 1040. The number of ether oxygens (including phenoxy) is 4. The van der Waals surface area contributed by atoms with Crippen LogP contribution in [-0.4, -0.2) is 48.3 Å². The Morgan fingerprint density at radius 1 is 0.939 bits per heavy atom. The molecule has 0 bridgehead atoms. The lowest BCUT2D eigenvalue weighted by Crippen LogP contribution is -2.38. The molecular formula is C24H30ClNO7. The van der Waals surface area contributed by atoms with Crippen LogP contribution in [0.3, 0.4) is 0 Å². The summed E-state index contributed by atoms with van der Waals surface area (Å²) in [5.74, 6) is -3.27. The number of methoxy groups -OCH3 is 2. The van der Waals surface area contributed by atoms with Crippen molar-refractivity contribution in [3.63, 3.8) is 0 Å². The predicted molar refractivity (Wildman–Crippen MR) is 124 cm³/mol. The minimum atomic E-state index is -1.25. The van der Waals surface area contributed by atoms with Gasteiger partial charge in [-0.15, -0.1) is 0 Å². The van der Waals surface area contributed by atoms with E-state index < -0.39 is 35.0 Å². The first-order valence-electron chi connectivity index (χ1n) is 10.4. The summed E-state index contributed by atoms with van der Waals surface area (Å²) in [4.78, 5) is 42.5. The third-order valence-electron chi connectivity index (χ3n) is 4.33. The van der Waals surface area contributed by atoms with E-state index in [1.54, 1.807) is 59.7 Å². The molecule has 0 aliphatic carbocycles. The predicted octanol–water partition coefficient (Wildman–Crippen LogP) is 4.53. The van der Waals surface area contributed by atoms with E-state index in [0.29, 0.717) is 21.5 Å². The average Bonchev–Trinajstić information content (AvgIpc) is 2.67. The number of hydrogen-bond donors (Lipinski definition) is 0. The zero-order chi connectivity index (χ0) is 25.1. The molecule has 1 aromatic heterocycles. The molecule has 0 aliphatic heterocycles. The monoisotopic (exact) mass is 479 g/mol. The van der Waals surface area contributed by atoms with Gasteiger partial charge in [-0.25, -0.2) is 9.78 Å². The average molecular weight is 480 g/mol. The smallest absolute Gasteiger partial charge is 0.343 e. The van der Waals surface area contributed by atoms with E-state index in [0.717, 1.165) is 0 Å². The van der Waals surface area contributed by atoms with Gasteiger partial charge in [-0.1, -0.05) is 11.6 Å². The van der Waals surface area contributed by atoms with Crippen molar-refractivity contribution in [3.05, 3.63) is 34.3 Å². The standard InChI is InChI=1S/C24H30ClNO7/c1-23(2,3)32-21(28)17(22(29)33-24(4,5)6)12-14-10-15(25)9-13-11-16(20(27)31-8)19(30-7)26-18(13)14/h9-11,17H,12H2,1-8H3. The highest BCUT2D eigenvalue weighted by Crippen LogP contribution is 2.31. The number of carbonyl (C=O) groups is 3. The minimum absolute atomic E-state index is 0.0454. The van der Waals surface area contributed by atoms with Crippen LogP contribution in [0.2, 0.25) is 5.02 Å². The second-order valence-corrected chi connectivity index (χ2v) is 9.93. The summed E-state index contributed by atoms with van der Waals surface area (Å²) in [6.07, 6.45) is -0.0748. The molecule has 2 aromatic rings. The third-order valence-corrected chi connectivity index (χ3v) is 4.55. The number of hydrogen-bond acceptors (Lipinski definition) is 8. The lowest BCUT2D eigenvalue weighted by atomic mass is 9.96. The maximum Gasteiger partial charge on any atom is 0.343 e. The lowest BCUT2D eigenvalue weighted by Gasteiger charge is -2.26. The first-order valence-corrected chi connectivity index (χ1v) is 10.7. The molecule has 2 rings (SSSR count). The van der Waals surface area contributed by atoms with E-state index in [4.69, 9.17) is 30.5 Å². The Labute approximate surface area is 198 Å². The molecule has 1 aromatic carbocycles. The summed E-state index contributed by atoms with van der Waals surface area (Å²) < 4.78 is 21.0. The van der Waals surface area contributed by atoms with Crippen LogP contribution in [-0.2, 0) is 30.2 Å². The number of halogens is 1. The fourth-order valence-electron chi connectivity index (χ4n) is 3.10. The molecule has 180 valence electrons. The number of nitrogens with zero attached hydrogens (tertiary/aromatic N) is 1. The number of rotatable bonds is 6. The number of fused-ring (bicyclic) bond motifs is 1. The molecule has 0 radical (unpaired) electrons. The van der Waals surface area contributed by atoms with E-state index >= 15 is 0 Å². The van der Waals surface area contributed by atoms with Gasteiger partial charge in [0.1, 0.15) is 16.8 Å². The summed E-state index contributed by atoms with van der Waals surface area (Å²) >= 11 is 6.31. The maximum absolute atomic E-state index is 13.0. The molecule has 0 amide bonds. The van der Waals surface area contributed by atoms with Gasteiger partial charge >= 0.3 is 17.9 Å². The van der Waals surface area contributed by atoms with Crippen LogP contribution >= 0.6 is 11.6 Å². The van der Waals surface area contributed by atoms with E-state index in [9.17, 15) is 14.4 Å². The number of esters is 3. The van der Waals surface area contributed by atoms with E-state index in [1.807, 2.05) is 0 Å². The van der Waals surface area contributed by atoms with Crippen LogP contribution in [0.4, 0.5) is 0 Å². The quantitative estimate of drug-likeness (QED) is 0.338. The van der Waals surface area contributed by atoms with Gasteiger partial charge in [0.15, 0.2) is 5.92 Å². The van der Waals surface area contributed by atoms with Crippen molar-refractivity contribution in [2.45, 2.75) is 59.2 Å². The Morgan fingerprint density at radius 3 is 1.94 bits per heavy atom. The topological polar surface area (TPSA) is 101 Å². The summed E-state index contributed by atoms with van der Waals surface area (Å²) in [6, 6.07) is 4.77. The van der Waals surface area contributed by atoms with Crippen molar-refractivity contribution in [2.75, 3.05) is 14.2 Å². The van der Waals surface area contributed by atoms with Gasteiger partial charge < -0.3 is 18.9 Å². The second kappa shape index (κ2) is 9.95. The molecule has 33 heavy (non-hydrogen) atoms. The Balaban J connectivity index is 2.61. The molecule has 0 unspecified atom stereocenters. The normalized spacial score (nSPS) is 11.9. The van der Waals surface area contributed by atoms with Crippen LogP contribution in [0, 0.1) is 5.92 Å². The molecule has 1 heterocycles. The Morgan fingerprint density at radius 2 is 1.48 bits per heavy atom. The first kappa shape index (κ1) is 26.4. The molecule has 0 N–H and O–H groups in total. The van der Waals surface area contributed by atoms with E-state index in [-0.39, 0.29) is 17.9 Å². The molecule has 0 saturated heterocycles. The maximum atomic E-state index is 13.0. The fourth-order valence-corrected chi connectivity index (χ4v) is 3.35. The van der Waals surface area contributed by atoms with Crippen molar-refractivity contribution >= 4 is 40.4 Å². The number of benzene rings is 1. The van der Waals surface area contributed by atoms with Gasteiger partial charge in [-0.2, -0.15) is 0 Å². The van der Waals surface area contributed by atoms with E-state index in [1.165, 1.54) is 14.2 Å². The summed E-state index contributed by atoms with van der Waals surface area (Å²) in [6.45, 7) is 10.3. The number of carbonyl (C=O) groups excluding carboxylic acids is 3. The van der Waals surface area contributed by atoms with Crippen LogP contribution < -0.4 is 4.74 Å². The fraction of sp³-hybridized carbons (Fsp3) is 0.500. The number of pyridine rings is 1. The molecule has 0 spiro atoms. The highest BCUT2D eigenvalue weighted by molar-refractivity contribution is 6.31. The van der Waals surface area contributed by atoms with Gasteiger partial charge in [0.05, 0.1) is 19.7 Å². The second-order valence-electron chi connectivity index (χ2n) is 9.50. The third kappa shape index (κ3) is 7.05. The van der Waals surface area contributed by atoms with Crippen molar-refractivity contribution in [2.24, 2.45) is 5.92 Å². The van der Waals surface area contributed by atoms with Gasteiger partial charge in [-0.05, 0) is 71.7 Å². The Hall–Kier alpha value is -2.87. The Kier molecular flexibility index (Phi) is 7.96. The van der Waals surface area contributed by atoms with E-state index in [2.05, 4.69) is 4.98 Å². The van der Waals surface area contributed by atoms with Crippen molar-refractivity contribution < 1.29 is 33.3 Å². The highest BCUT2D eigenvalue weighted by Gasteiger charge is 2.35. The van der Waals surface area contributed by atoms with Crippen LogP contribution in [0.25, 0.3) is 10.9 Å². The zero-order valence-corrected chi connectivity index (χ0v) is 21.0. The van der Waals surface area contributed by atoms with Crippen molar-refractivity contribution in [3.8, 4) is 5.88 Å². The summed E-state index contributed by atoms with van der Waals surface area (Å²) in [5, 5.41) is 0.859. The van der Waals surface area contributed by atoms with Gasteiger partial charge in [0.25, 0.3) is 0 Å². The van der Waals surface area contributed by atoms with Crippen molar-refractivity contribution in [1.82, 2.24) is 4.98 Å². The molecule has 9 heteroatoms.